The SMILES string of the molecule is CC(=O)Nc1ccc(-c2cccc3cnc(Nc4ccc(N5CCN(C)CC5)c(S(C)(=O)=O)c4)nc23)cc1. The topological polar surface area (TPSA) is 108 Å². The van der Waals surface area contributed by atoms with Gasteiger partial charge in [-0.15, -0.1) is 0 Å². The van der Waals surface area contributed by atoms with Crippen molar-refractivity contribution in [2.24, 2.45) is 0 Å². The number of carbonyl (C=O) groups excluding carboxylic acids is 1. The van der Waals surface area contributed by atoms with Crippen molar-refractivity contribution < 1.29 is 13.2 Å². The lowest BCUT2D eigenvalue weighted by Crippen LogP contribution is -2.44. The van der Waals surface area contributed by atoms with Gasteiger partial charge in [0, 0.05) is 67.9 Å². The Kier molecular flexibility index (Phi) is 7.00. The molecule has 1 amide bonds. The summed E-state index contributed by atoms with van der Waals surface area (Å²) in [5.41, 5.74) is 4.67. The van der Waals surface area contributed by atoms with Crippen LogP contribution in [0.15, 0.2) is 71.8 Å². The summed E-state index contributed by atoms with van der Waals surface area (Å²) in [7, 11) is -1.39. The molecule has 2 N–H and O–H groups in total. The van der Waals surface area contributed by atoms with Gasteiger partial charge in [0.25, 0.3) is 0 Å². The predicted octanol–water partition coefficient (Wildman–Crippen LogP) is 4.15. The number of anilines is 4. The molecule has 0 saturated carbocycles. The largest absolute Gasteiger partial charge is 0.368 e. The van der Waals surface area contributed by atoms with E-state index in [9.17, 15) is 13.2 Å². The van der Waals surface area contributed by atoms with Crippen molar-refractivity contribution in [1.82, 2.24) is 14.9 Å². The molecule has 1 aromatic heterocycles. The van der Waals surface area contributed by atoms with E-state index in [0.29, 0.717) is 11.6 Å². The predicted molar refractivity (Wildman–Crippen MR) is 152 cm³/mol. The lowest BCUT2D eigenvalue weighted by molar-refractivity contribution is -0.114. The smallest absolute Gasteiger partial charge is 0.227 e. The van der Waals surface area contributed by atoms with Crippen LogP contribution in [0.2, 0.25) is 0 Å². The molecular formula is C28H30N6O3S. The molecule has 1 aliphatic rings. The van der Waals surface area contributed by atoms with Gasteiger partial charge < -0.3 is 20.4 Å². The number of para-hydroxylation sites is 1. The maximum atomic E-state index is 12.7. The zero-order valence-corrected chi connectivity index (χ0v) is 22.4. The van der Waals surface area contributed by atoms with Gasteiger partial charge in [-0.3, -0.25) is 4.79 Å². The third-order valence-corrected chi connectivity index (χ3v) is 7.71. The first-order valence-electron chi connectivity index (χ1n) is 12.4. The van der Waals surface area contributed by atoms with Crippen LogP contribution >= 0.6 is 0 Å². The molecule has 196 valence electrons. The van der Waals surface area contributed by atoms with Crippen LogP contribution in [0.25, 0.3) is 22.0 Å². The van der Waals surface area contributed by atoms with Crippen LogP contribution in [0.5, 0.6) is 0 Å². The Labute approximate surface area is 222 Å². The minimum atomic E-state index is -3.46. The lowest BCUT2D eigenvalue weighted by atomic mass is 10.0. The highest BCUT2D eigenvalue weighted by molar-refractivity contribution is 7.90. The number of nitrogens with zero attached hydrogens (tertiary/aromatic N) is 4. The van der Waals surface area contributed by atoms with Gasteiger partial charge >= 0.3 is 0 Å². The van der Waals surface area contributed by atoms with Gasteiger partial charge in [-0.05, 0) is 42.9 Å². The second kappa shape index (κ2) is 10.4. The number of nitrogens with one attached hydrogen (secondary N) is 2. The molecule has 9 nitrogen and oxygen atoms in total. The third-order valence-electron chi connectivity index (χ3n) is 6.59. The Morgan fingerprint density at radius 1 is 0.947 bits per heavy atom. The summed E-state index contributed by atoms with van der Waals surface area (Å²) < 4.78 is 25.4. The third kappa shape index (κ3) is 5.61. The number of piperazine rings is 1. The van der Waals surface area contributed by atoms with Crippen LogP contribution in [-0.2, 0) is 14.6 Å². The number of aromatic nitrogens is 2. The van der Waals surface area contributed by atoms with Crippen LogP contribution < -0.4 is 15.5 Å². The van der Waals surface area contributed by atoms with Gasteiger partial charge in [-0.25, -0.2) is 18.4 Å². The van der Waals surface area contributed by atoms with E-state index in [1.807, 2.05) is 54.6 Å². The zero-order valence-electron chi connectivity index (χ0n) is 21.6. The van der Waals surface area contributed by atoms with Gasteiger partial charge in [-0.2, -0.15) is 0 Å². The summed E-state index contributed by atoms with van der Waals surface area (Å²) in [4.78, 5) is 25.2. The molecule has 1 saturated heterocycles. The van der Waals surface area contributed by atoms with Crippen LogP contribution in [0.1, 0.15) is 6.92 Å². The van der Waals surface area contributed by atoms with Crippen LogP contribution in [-0.4, -0.2) is 68.7 Å². The number of rotatable bonds is 6. The maximum Gasteiger partial charge on any atom is 0.227 e. The minimum absolute atomic E-state index is 0.123. The first-order valence-corrected chi connectivity index (χ1v) is 14.2. The van der Waals surface area contributed by atoms with Gasteiger partial charge in [0.1, 0.15) is 0 Å². The molecule has 5 rings (SSSR count). The normalized spacial score (nSPS) is 14.4. The molecule has 0 spiro atoms. The number of benzene rings is 3. The molecule has 0 aliphatic carbocycles. The van der Waals surface area contributed by atoms with E-state index in [1.165, 1.54) is 13.2 Å². The monoisotopic (exact) mass is 530 g/mol. The average Bonchev–Trinajstić information content (AvgIpc) is 2.88. The standard InChI is InChI=1S/C28H30N6O3S/c1-19(35)30-22-9-7-20(8-10-22)24-6-4-5-21-18-29-28(32-27(21)24)31-23-11-12-25(26(17-23)38(3,36)37)34-15-13-33(2)14-16-34/h4-12,17-18H,13-16H2,1-3H3,(H,30,35)(H,29,31,32). The highest BCUT2D eigenvalue weighted by Crippen LogP contribution is 2.32. The van der Waals surface area contributed by atoms with E-state index in [0.717, 1.165) is 59.6 Å². The number of amides is 1. The van der Waals surface area contributed by atoms with Crippen molar-refractivity contribution in [3.05, 3.63) is 66.9 Å². The van der Waals surface area contributed by atoms with Crippen molar-refractivity contribution in [3.8, 4) is 11.1 Å². The zero-order chi connectivity index (χ0) is 26.9. The average molecular weight is 531 g/mol. The van der Waals surface area contributed by atoms with Crippen molar-refractivity contribution in [1.29, 1.82) is 0 Å². The van der Waals surface area contributed by atoms with E-state index < -0.39 is 9.84 Å². The fourth-order valence-corrected chi connectivity index (χ4v) is 5.53. The lowest BCUT2D eigenvalue weighted by Gasteiger charge is -2.35. The summed E-state index contributed by atoms with van der Waals surface area (Å²) in [5.74, 6) is 0.244. The molecule has 3 aromatic carbocycles. The number of fused-ring (bicyclic) bond motifs is 1. The molecule has 1 fully saturated rings. The second-order valence-electron chi connectivity index (χ2n) is 9.57. The second-order valence-corrected chi connectivity index (χ2v) is 11.5. The molecule has 1 aliphatic heterocycles. The van der Waals surface area contributed by atoms with Crippen molar-refractivity contribution >= 4 is 49.7 Å². The summed E-state index contributed by atoms with van der Waals surface area (Å²) >= 11 is 0. The number of hydrogen-bond donors (Lipinski definition) is 2. The summed E-state index contributed by atoms with van der Waals surface area (Å²) in [6, 6.07) is 18.8. The fourth-order valence-electron chi connectivity index (χ4n) is 4.61. The first-order chi connectivity index (χ1) is 18.2. The number of sulfone groups is 1. The van der Waals surface area contributed by atoms with E-state index in [1.54, 1.807) is 12.3 Å². The fraction of sp³-hybridized carbons (Fsp3) is 0.250. The molecule has 2 heterocycles. The minimum Gasteiger partial charge on any atom is -0.368 e. The van der Waals surface area contributed by atoms with Crippen molar-refractivity contribution in [2.45, 2.75) is 11.8 Å². The highest BCUT2D eigenvalue weighted by atomic mass is 32.2. The molecule has 38 heavy (non-hydrogen) atoms. The van der Waals surface area contributed by atoms with Crippen LogP contribution in [0, 0.1) is 0 Å². The first kappa shape index (κ1) is 25.6. The van der Waals surface area contributed by atoms with E-state index in [2.05, 4.69) is 32.5 Å². The Bertz CT molecular complexity index is 1600. The Morgan fingerprint density at radius 3 is 2.34 bits per heavy atom. The van der Waals surface area contributed by atoms with Gasteiger partial charge in [0.15, 0.2) is 9.84 Å². The van der Waals surface area contributed by atoms with Gasteiger partial charge in [0.05, 0.1) is 16.1 Å². The highest BCUT2D eigenvalue weighted by Gasteiger charge is 2.22. The van der Waals surface area contributed by atoms with Gasteiger partial charge in [0.2, 0.25) is 11.9 Å². The molecule has 0 unspecified atom stereocenters. The summed E-state index contributed by atoms with van der Waals surface area (Å²) in [6.45, 7) is 4.78. The number of hydrogen-bond acceptors (Lipinski definition) is 8. The Balaban J connectivity index is 1.46. The van der Waals surface area contributed by atoms with Gasteiger partial charge in [-0.1, -0.05) is 30.3 Å². The number of carbonyl (C=O) groups is 1. The van der Waals surface area contributed by atoms with Crippen molar-refractivity contribution in [2.75, 3.05) is 55.0 Å². The van der Waals surface area contributed by atoms with Crippen molar-refractivity contribution in [3.63, 3.8) is 0 Å². The molecule has 10 heteroatoms. The Morgan fingerprint density at radius 2 is 1.66 bits per heavy atom. The maximum absolute atomic E-state index is 12.7. The van der Waals surface area contributed by atoms with E-state index in [-0.39, 0.29) is 10.8 Å². The summed E-state index contributed by atoms with van der Waals surface area (Å²) in [6.07, 6.45) is 2.98. The van der Waals surface area contributed by atoms with Crippen LogP contribution in [0.4, 0.5) is 23.0 Å². The van der Waals surface area contributed by atoms with E-state index >= 15 is 0 Å². The molecule has 0 bridgehead atoms. The molecule has 0 atom stereocenters. The summed E-state index contributed by atoms with van der Waals surface area (Å²) in [5, 5.41) is 6.85. The number of likely N-dealkylation sites (N-methyl/N-ethyl adjacent to an activating group) is 1. The Hall–Kier alpha value is -4.02. The quantitative estimate of drug-likeness (QED) is 0.383. The van der Waals surface area contributed by atoms with Crippen LogP contribution in [0.3, 0.4) is 0 Å². The molecule has 4 aromatic rings. The molecule has 0 radical (unpaired) electrons. The van der Waals surface area contributed by atoms with E-state index in [4.69, 9.17) is 4.98 Å². The molecular weight excluding hydrogens is 500 g/mol.